The van der Waals surface area contributed by atoms with Crippen LogP contribution in [0.4, 0.5) is 9.59 Å². The van der Waals surface area contributed by atoms with Gasteiger partial charge in [-0.25, -0.2) is 19.6 Å². The average molecular weight is 692 g/mol. The summed E-state index contributed by atoms with van der Waals surface area (Å²) in [6.45, 7) is 4.02. The Bertz CT molecular complexity index is 1550. The molecule has 0 radical (unpaired) electrons. The molecule has 0 aliphatic rings. The lowest BCUT2D eigenvalue weighted by molar-refractivity contribution is -0.122. The monoisotopic (exact) mass is 691 g/mol. The van der Waals surface area contributed by atoms with Crippen LogP contribution in [0, 0.1) is 5.92 Å². The van der Waals surface area contributed by atoms with E-state index in [-0.39, 0.29) is 30.8 Å². The molecule has 0 unspecified atom stereocenters. The molecule has 0 aliphatic carbocycles. The third-order valence-electron chi connectivity index (χ3n) is 7.92. The van der Waals surface area contributed by atoms with Gasteiger partial charge in [0.25, 0.3) is 0 Å². The molecule has 3 amide bonds. The first kappa shape index (κ1) is 36.7. The Morgan fingerprint density at radius 2 is 1.62 bits per heavy atom. The minimum atomic E-state index is -1.04. The van der Waals surface area contributed by atoms with Crippen molar-refractivity contribution in [2.45, 2.75) is 77.1 Å². The fourth-order valence-electron chi connectivity index (χ4n) is 5.33. The van der Waals surface area contributed by atoms with E-state index in [9.17, 15) is 19.5 Å². The van der Waals surface area contributed by atoms with Crippen molar-refractivity contribution in [2.75, 3.05) is 13.7 Å². The first-order chi connectivity index (χ1) is 23.2. The number of ether oxygens (including phenoxy) is 1. The van der Waals surface area contributed by atoms with E-state index >= 15 is 0 Å². The molecule has 2 aromatic carbocycles. The zero-order chi connectivity index (χ0) is 34.3. The fourth-order valence-corrected chi connectivity index (χ4v) is 6.69. The van der Waals surface area contributed by atoms with E-state index in [0.717, 1.165) is 21.8 Å². The molecule has 0 saturated heterocycles. The second-order valence-corrected chi connectivity index (χ2v) is 14.1. The normalized spacial score (nSPS) is 13.0. The third kappa shape index (κ3) is 12.1. The SMILES string of the molecule is CC(C)c1nc(CN(C)C(=O)N[C@@H](CO)C(=O)C[C@H](CC[C@H](Cc2ccccc2)NC(=O)OCc2nccs2)Cc2ccccc2)cs1. The summed E-state index contributed by atoms with van der Waals surface area (Å²) >= 11 is 2.98. The predicted molar refractivity (Wildman–Crippen MR) is 189 cm³/mol. The molecule has 3 atom stereocenters. The fraction of sp³-hybridized carbons (Fsp3) is 0.417. The number of Topliss-reactive ketones (excluding diaryl/α,β-unsaturated/α-hetero) is 1. The molecular formula is C36H45N5O5S2. The summed E-state index contributed by atoms with van der Waals surface area (Å²) in [5.41, 5.74) is 2.93. The van der Waals surface area contributed by atoms with Crippen LogP contribution in [0.2, 0.25) is 0 Å². The number of thiazole rings is 2. The van der Waals surface area contributed by atoms with Gasteiger partial charge >= 0.3 is 12.1 Å². The molecule has 0 saturated carbocycles. The lowest BCUT2D eigenvalue weighted by atomic mass is 9.86. The van der Waals surface area contributed by atoms with Crippen molar-refractivity contribution in [3.8, 4) is 0 Å². The Labute approximate surface area is 290 Å². The number of aliphatic hydroxyl groups excluding tert-OH is 1. The van der Waals surface area contributed by atoms with Crippen molar-refractivity contribution in [3.05, 3.63) is 104 Å². The number of carbonyl (C=O) groups is 3. The molecule has 10 nitrogen and oxygen atoms in total. The highest BCUT2D eigenvalue weighted by atomic mass is 32.1. The van der Waals surface area contributed by atoms with E-state index in [1.54, 1.807) is 24.6 Å². The number of hydrogen-bond acceptors (Lipinski definition) is 9. The molecule has 2 heterocycles. The van der Waals surface area contributed by atoms with Crippen LogP contribution in [0.3, 0.4) is 0 Å². The highest BCUT2D eigenvalue weighted by Gasteiger charge is 2.26. The molecule has 2 aromatic heterocycles. The number of benzene rings is 2. The highest BCUT2D eigenvalue weighted by Crippen LogP contribution is 2.23. The molecule has 0 spiro atoms. The standard InChI is InChI=1S/C36H45N5O5S2/c1-25(2)34-38-30(24-48-34)21-41(3)35(44)40-31(22-42)32(43)20-28(18-26-10-6-4-7-11-26)14-15-29(19-27-12-8-5-9-13-27)39-36(45)46-23-33-37-16-17-47-33/h4-13,16-17,24-25,28-29,31,42H,14-15,18-23H2,1-3H3,(H,39,45)(H,40,44)/t28-,29-,31+/m1/s1. The summed E-state index contributed by atoms with van der Waals surface area (Å²) in [7, 11) is 1.64. The van der Waals surface area contributed by atoms with Crippen molar-refractivity contribution in [2.24, 2.45) is 5.92 Å². The number of aromatic nitrogens is 2. The number of ketones is 1. The number of amides is 3. The maximum atomic E-state index is 13.6. The van der Waals surface area contributed by atoms with Gasteiger partial charge in [0.15, 0.2) is 5.78 Å². The van der Waals surface area contributed by atoms with Gasteiger partial charge in [-0.3, -0.25) is 4.79 Å². The van der Waals surface area contributed by atoms with E-state index in [1.807, 2.05) is 71.4 Å². The van der Waals surface area contributed by atoms with Crippen LogP contribution >= 0.6 is 22.7 Å². The van der Waals surface area contributed by atoms with Gasteiger partial charge in [0, 0.05) is 42.4 Å². The van der Waals surface area contributed by atoms with Crippen molar-refractivity contribution in [3.63, 3.8) is 0 Å². The Morgan fingerprint density at radius 1 is 0.938 bits per heavy atom. The minimum absolute atomic E-state index is 0.0961. The highest BCUT2D eigenvalue weighted by molar-refractivity contribution is 7.09. The molecule has 12 heteroatoms. The van der Waals surface area contributed by atoms with Gasteiger partial charge in [-0.15, -0.1) is 22.7 Å². The Balaban J connectivity index is 1.40. The Kier molecular flexibility index (Phi) is 14.5. The molecule has 0 fully saturated rings. The molecular weight excluding hydrogens is 647 g/mol. The first-order valence-electron chi connectivity index (χ1n) is 16.2. The number of aliphatic hydroxyl groups is 1. The van der Waals surface area contributed by atoms with E-state index in [4.69, 9.17) is 4.74 Å². The Morgan fingerprint density at radius 3 is 2.23 bits per heavy atom. The third-order valence-corrected chi connectivity index (χ3v) is 9.86. The molecule has 4 rings (SSSR count). The smallest absolute Gasteiger partial charge is 0.407 e. The number of carbonyl (C=O) groups excluding carboxylic acids is 3. The van der Waals surface area contributed by atoms with Gasteiger partial charge in [-0.05, 0) is 42.7 Å². The van der Waals surface area contributed by atoms with Crippen molar-refractivity contribution < 1.29 is 24.2 Å². The lowest BCUT2D eigenvalue weighted by Gasteiger charge is -2.25. The molecule has 0 bridgehead atoms. The average Bonchev–Trinajstić information content (AvgIpc) is 3.79. The van der Waals surface area contributed by atoms with Gasteiger partial charge in [-0.2, -0.15) is 0 Å². The number of nitrogens with zero attached hydrogens (tertiary/aromatic N) is 3. The van der Waals surface area contributed by atoms with Crippen molar-refractivity contribution in [1.82, 2.24) is 25.5 Å². The minimum Gasteiger partial charge on any atom is -0.442 e. The van der Waals surface area contributed by atoms with Crippen LogP contribution in [0.15, 0.2) is 77.6 Å². The number of hydrogen-bond donors (Lipinski definition) is 3. The van der Waals surface area contributed by atoms with E-state index in [2.05, 4.69) is 34.4 Å². The second kappa shape index (κ2) is 19.0. The number of nitrogens with one attached hydrogen (secondary N) is 2. The van der Waals surface area contributed by atoms with Crippen LogP contribution in [-0.2, 0) is 35.5 Å². The van der Waals surface area contributed by atoms with Crippen molar-refractivity contribution in [1.29, 1.82) is 0 Å². The summed E-state index contributed by atoms with van der Waals surface area (Å²) in [5, 5.41) is 21.4. The number of urea groups is 1. The van der Waals surface area contributed by atoms with Gasteiger partial charge in [0.05, 0.1) is 23.9 Å². The number of rotatable bonds is 18. The Hall–Kier alpha value is -4.13. The molecule has 4 aromatic rings. The van der Waals surface area contributed by atoms with Crippen LogP contribution in [0.25, 0.3) is 0 Å². The van der Waals surface area contributed by atoms with Crippen LogP contribution < -0.4 is 10.6 Å². The van der Waals surface area contributed by atoms with Crippen molar-refractivity contribution >= 4 is 40.6 Å². The van der Waals surface area contributed by atoms with Crippen LogP contribution in [-0.4, -0.2) is 63.6 Å². The van der Waals surface area contributed by atoms with Crippen LogP contribution in [0.1, 0.15) is 65.9 Å². The van der Waals surface area contributed by atoms with Gasteiger partial charge < -0.3 is 25.4 Å². The maximum absolute atomic E-state index is 13.6. The number of alkyl carbamates (subject to hydrolysis) is 1. The lowest BCUT2D eigenvalue weighted by Crippen LogP contribution is -2.48. The molecule has 0 aliphatic heterocycles. The van der Waals surface area contributed by atoms with Gasteiger partial charge in [0.1, 0.15) is 17.7 Å². The quantitative estimate of drug-likeness (QED) is 0.111. The van der Waals surface area contributed by atoms with E-state index < -0.39 is 24.8 Å². The molecule has 256 valence electrons. The van der Waals surface area contributed by atoms with Gasteiger partial charge in [0.2, 0.25) is 0 Å². The summed E-state index contributed by atoms with van der Waals surface area (Å²) < 4.78 is 5.44. The van der Waals surface area contributed by atoms with E-state index in [0.29, 0.717) is 43.2 Å². The topological polar surface area (TPSA) is 134 Å². The van der Waals surface area contributed by atoms with Gasteiger partial charge in [-0.1, -0.05) is 74.5 Å². The van der Waals surface area contributed by atoms with E-state index in [1.165, 1.54) is 16.2 Å². The summed E-state index contributed by atoms with van der Waals surface area (Å²) in [6.07, 6.45) is 3.75. The molecule has 48 heavy (non-hydrogen) atoms. The zero-order valence-electron chi connectivity index (χ0n) is 27.7. The molecule has 3 N–H and O–H groups in total. The first-order valence-corrected chi connectivity index (χ1v) is 17.9. The van der Waals surface area contributed by atoms with Crippen LogP contribution in [0.5, 0.6) is 0 Å². The summed E-state index contributed by atoms with van der Waals surface area (Å²) in [6, 6.07) is 18.1. The maximum Gasteiger partial charge on any atom is 0.407 e. The summed E-state index contributed by atoms with van der Waals surface area (Å²) in [4.78, 5) is 49.6. The predicted octanol–water partition coefficient (Wildman–Crippen LogP) is 6.36. The largest absolute Gasteiger partial charge is 0.442 e. The summed E-state index contributed by atoms with van der Waals surface area (Å²) in [5.74, 6) is -0.0406. The zero-order valence-corrected chi connectivity index (χ0v) is 29.3. The second-order valence-electron chi connectivity index (χ2n) is 12.2.